The molecule has 0 saturated heterocycles. The molecule has 2 heteroatoms. The van der Waals surface area contributed by atoms with Crippen LogP contribution in [0.1, 0.15) is 64.5 Å². The summed E-state index contributed by atoms with van der Waals surface area (Å²) in [6.07, 6.45) is 4.48. The first-order valence-corrected chi connectivity index (χ1v) is 11.1. The van der Waals surface area contributed by atoms with Crippen LogP contribution >= 0.6 is 18.5 Å². The van der Waals surface area contributed by atoms with Crippen LogP contribution in [0.15, 0.2) is 48.5 Å². The largest absolute Gasteiger partial charge is 0.126 e. The fraction of sp³-hybridized carbons (Fsp3) is 0.417. The van der Waals surface area contributed by atoms with E-state index in [0.29, 0.717) is 0 Å². The van der Waals surface area contributed by atoms with Crippen LogP contribution < -0.4 is 0 Å². The van der Waals surface area contributed by atoms with E-state index < -0.39 is 0 Å². The van der Waals surface area contributed by atoms with E-state index in [0.717, 1.165) is 25.7 Å². The van der Waals surface area contributed by atoms with Crippen LogP contribution in [-0.4, -0.2) is 0 Å². The predicted octanol–water partition coefficient (Wildman–Crippen LogP) is 7.77. The summed E-state index contributed by atoms with van der Waals surface area (Å²) in [6, 6.07) is 18.1. The van der Waals surface area contributed by atoms with Gasteiger partial charge >= 0.3 is 0 Å². The first-order valence-electron chi connectivity index (χ1n) is 9.97. The van der Waals surface area contributed by atoms with E-state index in [-0.39, 0.29) is 10.3 Å². The molecule has 0 aliphatic rings. The molecule has 0 bridgehead atoms. The molecule has 0 radical (unpaired) electrons. The maximum absolute atomic E-state index is 3.19. The zero-order valence-electron chi connectivity index (χ0n) is 16.6. The Hall–Kier alpha value is -0.960. The van der Waals surface area contributed by atoms with E-state index in [4.69, 9.17) is 0 Å². The number of hydrogen-bond donors (Lipinski definition) is 0. The fourth-order valence-electron chi connectivity index (χ4n) is 4.41. The lowest BCUT2D eigenvalue weighted by molar-refractivity contribution is 0.582. The van der Waals surface area contributed by atoms with Gasteiger partial charge in [0.2, 0.25) is 0 Å². The van der Waals surface area contributed by atoms with Gasteiger partial charge in [0.05, 0.1) is 0 Å². The highest BCUT2D eigenvalue weighted by Crippen LogP contribution is 2.51. The number of rotatable bonds is 6. The van der Waals surface area contributed by atoms with Crippen molar-refractivity contribution in [1.29, 1.82) is 0 Å². The Kier molecular flexibility index (Phi) is 5.77. The van der Waals surface area contributed by atoms with Crippen molar-refractivity contribution >= 4 is 40.0 Å². The molecule has 0 spiro atoms. The molecule has 3 rings (SSSR count). The van der Waals surface area contributed by atoms with Crippen LogP contribution in [0.25, 0.3) is 21.5 Å². The fourth-order valence-corrected chi connectivity index (χ4v) is 5.03. The zero-order chi connectivity index (χ0) is 18.9. The van der Waals surface area contributed by atoms with Gasteiger partial charge < -0.3 is 0 Å². The average Bonchev–Trinajstić information content (AvgIpc) is 2.70. The first kappa shape index (κ1) is 19.8. The van der Waals surface area contributed by atoms with Crippen LogP contribution in [-0.2, 0) is 10.3 Å². The standard InChI is InChI=1S/C24H32P2/c1-5-23(25,6-2)21-17-13-9-11-15-19(17)22(24(26,7-3)8-4)20-16-12-10-14-18(20)21/h9-16H,5-8,25-26H2,1-4H3. The Bertz CT molecular complexity index is 785. The second-order valence-corrected chi connectivity index (χ2v) is 9.78. The third-order valence-corrected chi connectivity index (χ3v) is 8.66. The van der Waals surface area contributed by atoms with Crippen molar-refractivity contribution in [1.82, 2.24) is 0 Å². The van der Waals surface area contributed by atoms with E-state index >= 15 is 0 Å². The molecule has 0 saturated carbocycles. The van der Waals surface area contributed by atoms with Crippen molar-refractivity contribution in [2.45, 2.75) is 63.7 Å². The third kappa shape index (κ3) is 3.00. The summed E-state index contributed by atoms with van der Waals surface area (Å²) < 4.78 is 0. The molecule has 0 aromatic heterocycles. The summed E-state index contributed by atoms with van der Waals surface area (Å²) in [4.78, 5) is 0. The molecule has 0 aliphatic carbocycles. The molecule has 138 valence electrons. The maximum Gasteiger partial charge on any atom is 0.0105 e. The second kappa shape index (κ2) is 7.58. The van der Waals surface area contributed by atoms with Crippen LogP contribution in [0.2, 0.25) is 0 Å². The predicted molar refractivity (Wildman–Crippen MR) is 125 cm³/mol. The molecule has 2 atom stereocenters. The maximum atomic E-state index is 3.19. The lowest BCUT2D eigenvalue weighted by Gasteiger charge is -2.35. The van der Waals surface area contributed by atoms with Gasteiger partial charge in [0.15, 0.2) is 0 Å². The van der Waals surface area contributed by atoms with Gasteiger partial charge in [-0.05, 0) is 58.4 Å². The Morgan fingerprint density at radius 3 is 0.962 bits per heavy atom. The van der Waals surface area contributed by atoms with Crippen molar-refractivity contribution < 1.29 is 0 Å². The van der Waals surface area contributed by atoms with Gasteiger partial charge in [-0.25, -0.2) is 0 Å². The van der Waals surface area contributed by atoms with Crippen molar-refractivity contribution in [3.8, 4) is 0 Å². The summed E-state index contributed by atoms with van der Waals surface area (Å²) in [6.45, 7) is 9.25. The minimum Gasteiger partial charge on any atom is -0.126 e. The Morgan fingerprint density at radius 1 is 0.538 bits per heavy atom. The van der Waals surface area contributed by atoms with Crippen molar-refractivity contribution in [3.05, 3.63) is 59.7 Å². The topological polar surface area (TPSA) is 0 Å². The number of benzene rings is 3. The first-order chi connectivity index (χ1) is 12.5. The summed E-state index contributed by atoms with van der Waals surface area (Å²) >= 11 is 0. The number of fused-ring (bicyclic) bond motifs is 2. The monoisotopic (exact) mass is 382 g/mol. The summed E-state index contributed by atoms with van der Waals surface area (Å²) in [5.41, 5.74) is 3.00. The van der Waals surface area contributed by atoms with E-state index in [9.17, 15) is 0 Å². The molecule has 0 aliphatic heterocycles. The molecule has 3 aromatic carbocycles. The van der Waals surface area contributed by atoms with Crippen LogP contribution in [0, 0.1) is 0 Å². The highest BCUT2D eigenvalue weighted by molar-refractivity contribution is 7.19. The molecule has 2 unspecified atom stereocenters. The molecular formula is C24H32P2. The zero-order valence-corrected chi connectivity index (χ0v) is 18.9. The van der Waals surface area contributed by atoms with Gasteiger partial charge in [0, 0.05) is 10.3 Å². The normalized spacial score (nSPS) is 12.8. The minimum absolute atomic E-state index is 0.111. The quantitative estimate of drug-likeness (QED) is 0.302. The SMILES string of the molecule is CCC(P)(CC)c1c2ccccc2c(C(P)(CC)CC)c2ccccc12. The van der Waals surface area contributed by atoms with Crippen molar-refractivity contribution in [2.75, 3.05) is 0 Å². The van der Waals surface area contributed by atoms with E-state index in [2.05, 4.69) is 94.7 Å². The minimum atomic E-state index is 0.111. The molecule has 3 aromatic rings. The third-order valence-electron chi connectivity index (χ3n) is 6.45. The summed E-state index contributed by atoms with van der Waals surface area (Å²) in [5, 5.41) is 5.92. The molecule has 0 nitrogen and oxygen atoms in total. The second-order valence-electron chi connectivity index (χ2n) is 7.57. The van der Waals surface area contributed by atoms with Crippen molar-refractivity contribution in [3.63, 3.8) is 0 Å². The van der Waals surface area contributed by atoms with Gasteiger partial charge in [-0.2, -0.15) is 0 Å². The Labute approximate surface area is 163 Å². The number of hydrogen-bond acceptors (Lipinski definition) is 0. The van der Waals surface area contributed by atoms with Gasteiger partial charge in [-0.15, -0.1) is 18.5 Å². The molecule has 26 heavy (non-hydrogen) atoms. The lowest BCUT2D eigenvalue weighted by atomic mass is 9.78. The van der Waals surface area contributed by atoms with Crippen molar-refractivity contribution in [2.24, 2.45) is 0 Å². The smallest absolute Gasteiger partial charge is 0.0105 e. The highest BCUT2D eigenvalue weighted by atomic mass is 31.0. The van der Waals surface area contributed by atoms with Crippen LogP contribution in [0.5, 0.6) is 0 Å². The van der Waals surface area contributed by atoms with Gasteiger partial charge in [0.1, 0.15) is 0 Å². The summed E-state index contributed by atoms with van der Waals surface area (Å²) in [7, 11) is 6.39. The molecular weight excluding hydrogens is 350 g/mol. The molecule has 0 heterocycles. The van der Waals surface area contributed by atoms with Gasteiger partial charge in [-0.3, -0.25) is 0 Å². The highest BCUT2D eigenvalue weighted by Gasteiger charge is 2.32. The van der Waals surface area contributed by atoms with Crippen LogP contribution in [0.4, 0.5) is 0 Å². The van der Waals surface area contributed by atoms with E-state index in [1.54, 1.807) is 0 Å². The van der Waals surface area contributed by atoms with Gasteiger partial charge in [-0.1, -0.05) is 76.2 Å². The average molecular weight is 382 g/mol. The van der Waals surface area contributed by atoms with E-state index in [1.807, 2.05) is 0 Å². The molecule has 0 N–H and O–H groups in total. The lowest BCUT2D eigenvalue weighted by Crippen LogP contribution is -2.20. The Balaban J connectivity index is 2.60. The molecule has 0 amide bonds. The van der Waals surface area contributed by atoms with Crippen LogP contribution in [0.3, 0.4) is 0 Å². The Morgan fingerprint density at radius 2 is 0.769 bits per heavy atom. The summed E-state index contributed by atoms with van der Waals surface area (Å²) in [5.74, 6) is 0. The van der Waals surface area contributed by atoms with Gasteiger partial charge in [0.25, 0.3) is 0 Å². The molecule has 0 fully saturated rings. The van der Waals surface area contributed by atoms with E-state index in [1.165, 1.54) is 32.7 Å².